The Morgan fingerprint density at radius 3 is 2.59 bits per heavy atom. The van der Waals surface area contributed by atoms with Crippen molar-refractivity contribution >= 4 is 22.9 Å². The summed E-state index contributed by atoms with van der Waals surface area (Å²) in [6.45, 7) is 2.76. The average Bonchev–Trinajstić information content (AvgIpc) is 2.91. The van der Waals surface area contributed by atoms with Crippen LogP contribution in [0, 0.1) is 0 Å². The maximum Gasteiger partial charge on any atom is 0.257 e. The van der Waals surface area contributed by atoms with Crippen molar-refractivity contribution in [3.63, 3.8) is 0 Å². The van der Waals surface area contributed by atoms with Crippen LogP contribution >= 0.6 is 0 Å². The third-order valence-electron chi connectivity index (χ3n) is 3.55. The van der Waals surface area contributed by atoms with Gasteiger partial charge in [-0.25, -0.2) is 4.98 Å². The maximum atomic E-state index is 12.4. The number of hydrogen-bond acceptors (Lipinski definition) is 3. The van der Waals surface area contributed by atoms with E-state index in [2.05, 4.69) is 10.3 Å². The highest BCUT2D eigenvalue weighted by Gasteiger charge is 2.13. The number of amides is 1. The number of benzene rings is 2. The topological polar surface area (TPSA) is 56.2 Å². The third-order valence-corrected chi connectivity index (χ3v) is 3.55. The lowest BCUT2D eigenvalue weighted by atomic mass is 10.2. The summed E-state index contributed by atoms with van der Waals surface area (Å²) in [4.78, 5) is 16.8. The SMILES string of the molecule is CCn1c(NC(=O)c2ccc(OC)cc2)nc2ccccc21. The minimum absolute atomic E-state index is 0.187. The number of carbonyl (C=O) groups is 1. The van der Waals surface area contributed by atoms with E-state index in [4.69, 9.17) is 4.74 Å². The summed E-state index contributed by atoms with van der Waals surface area (Å²) in [5, 5.41) is 2.88. The van der Waals surface area contributed by atoms with Crippen LogP contribution in [0.15, 0.2) is 48.5 Å². The molecule has 0 aliphatic rings. The molecule has 1 amide bonds. The van der Waals surface area contributed by atoms with Crippen molar-refractivity contribution in [2.24, 2.45) is 0 Å². The molecule has 2 aromatic carbocycles. The first-order valence-electron chi connectivity index (χ1n) is 7.13. The smallest absolute Gasteiger partial charge is 0.257 e. The Balaban J connectivity index is 1.90. The van der Waals surface area contributed by atoms with Crippen LogP contribution in [0.25, 0.3) is 11.0 Å². The summed E-state index contributed by atoms with van der Waals surface area (Å²) < 4.78 is 7.08. The highest BCUT2D eigenvalue weighted by atomic mass is 16.5. The van der Waals surface area contributed by atoms with Gasteiger partial charge in [0.25, 0.3) is 5.91 Å². The van der Waals surface area contributed by atoms with Crippen molar-refractivity contribution in [1.29, 1.82) is 0 Å². The van der Waals surface area contributed by atoms with E-state index in [9.17, 15) is 4.79 Å². The quantitative estimate of drug-likeness (QED) is 0.803. The molecule has 0 saturated heterocycles. The van der Waals surface area contributed by atoms with Gasteiger partial charge < -0.3 is 9.30 Å². The lowest BCUT2D eigenvalue weighted by Gasteiger charge is -2.08. The molecule has 0 spiro atoms. The summed E-state index contributed by atoms with van der Waals surface area (Å²) in [5.74, 6) is 1.09. The van der Waals surface area contributed by atoms with E-state index in [0.717, 1.165) is 23.3 Å². The molecule has 5 nitrogen and oxygen atoms in total. The highest BCUT2D eigenvalue weighted by molar-refractivity contribution is 6.04. The number of hydrogen-bond donors (Lipinski definition) is 1. The molecular formula is C17H17N3O2. The molecule has 22 heavy (non-hydrogen) atoms. The van der Waals surface area contributed by atoms with Gasteiger partial charge in [0.15, 0.2) is 0 Å². The zero-order chi connectivity index (χ0) is 15.5. The van der Waals surface area contributed by atoms with Gasteiger partial charge >= 0.3 is 0 Å². The first-order chi connectivity index (χ1) is 10.7. The van der Waals surface area contributed by atoms with Gasteiger partial charge in [0.05, 0.1) is 18.1 Å². The second kappa shape index (κ2) is 5.89. The molecule has 0 aliphatic carbocycles. The van der Waals surface area contributed by atoms with Gasteiger partial charge in [0.2, 0.25) is 5.95 Å². The Hall–Kier alpha value is -2.82. The molecule has 0 aliphatic heterocycles. The number of carbonyl (C=O) groups excluding carboxylic acids is 1. The summed E-state index contributed by atoms with van der Waals surface area (Å²) in [6.07, 6.45) is 0. The standard InChI is InChI=1S/C17H17N3O2/c1-3-20-15-7-5-4-6-14(15)18-17(20)19-16(21)12-8-10-13(22-2)11-9-12/h4-11H,3H2,1-2H3,(H,18,19,21). The zero-order valence-corrected chi connectivity index (χ0v) is 12.5. The van der Waals surface area contributed by atoms with E-state index in [-0.39, 0.29) is 5.91 Å². The Kier molecular flexibility index (Phi) is 3.78. The van der Waals surface area contributed by atoms with Crippen LogP contribution in [-0.4, -0.2) is 22.6 Å². The number of anilines is 1. The van der Waals surface area contributed by atoms with Crippen molar-refractivity contribution in [3.8, 4) is 5.75 Å². The number of nitrogens with zero attached hydrogens (tertiary/aromatic N) is 2. The number of nitrogens with one attached hydrogen (secondary N) is 1. The summed E-state index contributed by atoms with van der Waals surface area (Å²) >= 11 is 0. The number of rotatable bonds is 4. The van der Waals surface area contributed by atoms with E-state index in [0.29, 0.717) is 11.5 Å². The lowest BCUT2D eigenvalue weighted by Crippen LogP contribution is -2.15. The van der Waals surface area contributed by atoms with Crippen LogP contribution in [0.5, 0.6) is 5.75 Å². The molecule has 0 fully saturated rings. The average molecular weight is 295 g/mol. The fraction of sp³-hybridized carbons (Fsp3) is 0.176. The van der Waals surface area contributed by atoms with Crippen molar-refractivity contribution in [2.75, 3.05) is 12.4 Å². The summed E-state index contributed by atoms with van der Waals surface area (Å²) in [5.41, 5.74) is 2.44. The number of methoxy groups -OCH3 is 1. The molecule has 0 bridgehead atoms. The predicted octanol–water partition coefficient (Wildman–Crippen LogP) is 3.32. The molecule has 0 unspecified atom stereocenters. The zero-order valence-electron chi connectivity index (χ0n) is 12.5. The number of imidazole rings is 1. The van der Waals surface area contributed by atoms with Gasteiger partial charge in [-0.1, -0.05) is 12.1 Å². The van der Waals surface area contributed by atoms with Gasteiger partial charge in [-0.2, -0.15) is 0 Å². The first-order valence-corrected chi connectivity index (χ1v) is 7.13. The second-order valence-electron chi connectivity index (χ2n) is 4.85. The fourth-order valence-corrected chi connectivity index (χ4v) is 2.41. The Morgan fingerprint density at radius 2 is 1.91 bits per heavy atom. The first kappa shape index (κ1) is 14.1. The van der Waals surface area contributed by atoms with E-state index in [1.54, 1.807) is 31.4 Å². The fourth-order valence-electron chi connectivity index (χ4n) is 2.41. The molecule has 112 valence electrons. The largest absolute Gasteiger partial charge is 0.497 e. The molecular weight excluding hydrogens is 278 g/mol. The third kappa shape index (κ3) is 2.53. The van der Waals surface area contributed by atoms with E-state index < -0.39 is 0 Å². The van der Waals surface area contributed by atoms with Crippen LogP contribution in [0.1, 0.15) is 17.3 Å². The maximum absolute atomic E-state index is 12.4. The number of para-hydroxylation sites is 2. The van der Waals surface area contributed by atoms with E-state index >= 15 is 0 Å². The normalized spacial score (nSPS) is 10.6. The summed E-state index contributed by atoms with van der Waals surface area (Å²) in [6, 6.07) is 14.8. The van der Waals surface area contributed by atoms with Crippen LogP contribution in [0.3, 0.4) is 0 Å². The van der Waals surface area contributed by atoms with Gasteiger partial charge in [0, 0.05) is 12.1 Å². The predicted molar refractivity (Wildman–Crippen MR) is 86.4 cm³/mol. The van der Waals surface area contributed by atoms with Crippen molar-refractivity contribution in [2.45, 2.75) is 13.5 Å². The van der Waals surface area contributed by atoms with E-state index in [1.165, 1.54) is 0 Å². The molecule has 0 saturated carbocycles. The molecule has 5 heteroatoms. The Bertz CT molecular complexity index is 806. The van der Waals surface area contributed by atoms with Crippen LogP contribution in [-0.2, 0) is 6.54 Å². The summed E-state index contributed by atoms with van der Waals surface area (Å²) in [7, 11) is 1.60. The minimum atomic E-state index is -0.187. The Labute approximate surface area is 128 Å². The second-order valence-corrected chi connectivity index (χ2v) is 4.85. The molecule has 0 radical (unpaired) electrons. The van der Waals surface area contributed by atoms with Crippen molar-refractivity contribution in [1.82, 2.24) is 9.55 Å². The molecule has 1 aromatic heterocycles. The molecule has 1 heterocycles. The van der Waals surface area contributed by atoms with Gasteiger partial charge in [0.1, 0.15) is 5.75 Å². The molecule has 3 aromatic rings. The van der Waals surface area contributed by atoms with Gasteiger partial charge in [-0.05, 0) is 43.3 Å². The number of aryl methyl sites for hydroxylation is 1. The van der Waals surface area contributed by atoms with Gasteiger partial charge in [-0.15, -0.1) is 0 Å². The Morgan fingerprint density at radius 1 is 1.18 bits per heavy atom. The molecule has 3 rings (SSSR count). The monoisotopic (exact) mass is 295 g/mol. The minimum Gasteiger partial charge on any atom is -0.497 e. The van der Waals surface area contributed by atoms with Crippen LogP contribution in [0.4, 0.5) is 5.95 Å². The number of ether oxygens (including phenoxy) is 1. The van der Waals surface area contributed by atoms with E-state index in [1.807, 2.05) is 35.8 Å². The van der Waals surface area contributed by atoms with Crippen LogP contribution < -0.4 is 10.1 Å². The lowest BCUT2D eigenvalue weighted by molar-refractivity contribution is 0.102. The van der Waals surface area contributed by atoms with Gasteiger partial charge in [-0.3, -0.25) is 10.1 Å². The van der Waals surface area contributed by atoms with Crippen molar-refractivity contribution < 1.29 is 9.53 Å². The molecule has 0 atom stereocenters. The number of fused-ring (bicyclic) bond motifs is 1. The molecule has 1 N–H and O–H groups in total. The highest BCUT2D eigenvalue weighted by Crippen LogP contribution is 2.20. The number of aromatic nitrogens is 2. The van der Waals surface area contributed by atoms with Crippen molar-refractivity contribution in [3.05, 3.63) is 54.1 Å². The van der Waals surface area contributed by atoms with Crippen LogP contribution in [0.2, 0.25) is 0 Å².